The summed E-state index contributed by atoms with van der Waals surface area (Å²) in [6.45, 7) is 2.95. The summed E-state index contributed by atoms with van der Waals surface area (Å²) in [6.07, 6.45) is 1.71. The normalized spacial score (nSPS) is 18.0. The average molecular weight is 338 g/mol. The monoisotopic (exact) mass is 337 g/mol. The van der Waals surface area contributed by atoms with Gasteiger partial charge < -0.3 is 15.1 Å². The summed E-state index contributed by atoms with van der Waals surface area (Å²) in [7, 11) is 0. The van der Waals surface area contributed by atoms with Gasteiger partial charge in [0.15, 0.2) is 11.5 Å². The molecule has 0 aliphatic carbocycles. The fourth-order valence-corrected chi connectivity index (χ4v) is 3.45. The Morgan fingerprint density at radius 1 is 1.14 bits per heavy atom. The molecule has 1 atom stereocenters. The first-order valence-corrected chi connectivity index (χ1v) is 8.00. The van der Waals surface area contributed by atoms with Gasteiger partial charge in [0.25, 0.3) is 0 Å². The molecule has 2 aromatic rings. The van der Waals surface area contributed by atoms with E-state index in [0.717, 1.165) is 36.3 Å². The van der Waals surface area contributed by atoms with Crippen molar-refractivity contribution in [3.8, 4) is 11.5 Å². The van der Waals surface area contributed by atoms with Crippen LogP contribution in [-0.4, -0.2) is 16.8 Å². The van der Waals surface area contributed by atoms with Crippen molar-refractivity contribution in [1.82, 2.24) is 0 Å². The van der Waals surface area contributed by atoms with Crippen LogP contribution >= 0.6 is 23.2 Å². The van der Waals surface area contributed by atoms with Crippen molar-refractivity contribution in [3.05, 3.63) is 45.9 Å². The lowest BCUT2D eigenvalue weighted by atomic mass is 10.0. The van der Waals surface area contributed by atoms with Gasteiger partial charge in [-0.05, 0) is 36.5 Å². The van der Waals surface area contributed by atoms with Crippen LogP contribution in [0.2, 0.25) is 10.0 Å². The van der Waals surface area contributed by atoms with Crippen LogP contribution in [0.15, 0.2) is 30.3 Å². The minimum absolute atomic E-state index is 0.213. The van der Waals surface area contributed by atoms with Crippen LogP contribution in [0.5, 0.6) is 11.5 Å². The smallest absolute Gasteiger partial charge is 0.176 e. The zero-order valence-electron chi connectivity index (χ0n) is 12.2. The number of fused-ring (bicyclic) bond motifs is 1. The van der Waals surface area contributed by atoms with Crippen LogP contribution in [-0.2, 0) is 6.42 Å². The molecule has 0 radical (unpaired) electrons. The predicted molar refractivity (Wildman–Crippen MR) is 90.7 cm³/mol. The first kappa shape index (κ1) is 15.3. The van der Waals surface area contributed by atoms with Crippen LogP contribution in [0.1, 0.15) is 18.9 Å². The zero-order valence-corrected chi connectivity index (χ0v) is 13.7. The standard InChI is InChI=1S/C17H17Cl2NO2/c1-10-6-7-11-14(8-15(21)17(22)16(11)19)20(9-10)13-5-3-2-4-12(13)18/h2-5,8,10,21-22H,6-7,9H2,1H3. The molecule has 1 heterocycles. The van der Waals surface area contributed by atoms with E-state index in [1.165, 1.54) is 0 Å². The number of hydrogen-bond acceptors (Lipinski definition) is 3. The molecule has 0 aromatic heterocycles. The summed E-state index contributed by atoms with van der Waals surface area (Å²) in [5, 5.41) is 20.7. The topological polar surface area (TPSA) is 43.7 Å². The van der Waals surface area contributed by atoms with Gasteiger partial charge in [-0.15, -0.1) is 0 Å². The van der Waals surface area contributed by atoms with E-state index in [1.54, 1.807) is 6.07 Å². The highest BCUT2D eigenvalue weighted by Crippen LogP contribution is 2.46. The first-order chi connectivity index (χ1) is 10.5. The zero-order chi connectivity index (χ0) is 15.9. The van der Waals surface area contributed by atoms with Gasteiger partial charge in [0.1, 0.15) is 0 Å². The Labute approximate surface area is 139 Å². The number of hydrogen-bond donors (Lipinski definition) is 2. The largest absolute Gasteiger partial charge is 0.504 e. The number of benzene rings is 2. The van der Waals surface area contributed by atoms with Gasteiger partial charge in [0, 0.05) is 18.3 Å². The van der Waals surface area contributed by atoms with Crippen LogP contribution < -0.4 is 4.90 Å². The van der Waals surface area contributed by atoms with Crippen molar-refractivity contribution in [1.29, 1.82) is 0 Å². The first-order valence-electron chi connectivity index (χ1n) is 7.24. The minimum atomic E-state index is -0.255. The van der Waals surface area contributed by atoms with Gasteiger partial charge in [-0.25, -0.2) is 0 Å². The summed E-state index contributed by atoms with van der Waals surface area (Å²) in [4.78, 5) is 2.07. The molecular formula is C17H17Cl2NO2. The van der Waals surface area contributed by atoms with Gasteiger partial charge >= 0.3 is 0 Å². The van der Waals surface area contributed by atoms with Gasteiger partial charge in [-0.1, -0.05) is 42.3 Å². The summed E-state index contributed by atoms with van der Waals surface area (Å²) in [6, 6.07) is 9.17. The second-order valence-corrected chi connectivity index (χ2v) is 6.55. The van der Waals surface area contributed by atoms with Crippen molar-refractivity contribution in [3.63, 3.8) is 0 Å². The van der Waals surface area contributed by atoms with E-state index in [9.17, 15) is 10.2 Å². The fourth-order valence-electron chi connectivity index (χ4n) is 2.92. The molecule has 0 saturated heterocycles. The van der Waals surface area contributed by atoms with Gasteiger partial charge in [-0.2, -0.15) is 0 Å². The number of para-hydroxylation sites is 1. The van der Waals surface area contributed by atoms with Crippen molar-refractivity contribution < 1.29 is 10.2 Å². The van der Waals surface area contributed by atoms with Gasteiger partial charge in [0.2, 0.25) is 0 Å². The number of phenols is 2. The van der Waals surface area contributed by atoms with Crippen molar-refractivity contribution in [2.75, 3.05) is 11.4 Å². The Balaban J connectivity index is 2.22. The van der Waals surface area contributed by atoms with E-state index in [0.29, 0.717) is 10.9 Å². The molecule has 0 saturated carbocycles. The highest BCUT2D eigenvalue weighted by atomic mass is 35.5. The van der Waals surface area contributed by atoms with E-state index >= 15 is 0 Å². The number of phenolic OH excluding ortho intramolecular Hbond substituents is 2. The number of halogens is 2. The van der Waals surface area contributed by atoms with E-state index in [4.69, 9.17) is 23.2 Å². The van der Waals surface area contributed by atoms with E-state index in [2.05, 4.69) is 11.8 Å². The minimum Gasteiger partial charge on any atom is -0.504 e. The highest BCUT2D eigenvalue weighted by molar-refractivity contribution is 6.34. The molecule has 2 N–H and O–H groups in total. The van der Waals surface area contributed by atoms with Crippen LogP contribution in [0, 0.1) is 5.92 Å². The molecule has 5 heteroatoms. The van der Waals surface area contributed by atoms with Crippen molar-refractivity contribution in [2.45, 2.75) is 19.8 Å². The number of aromatic hydroxyl groups is 2. The molecule has 1 aliphatic rings. The summed E-state index contributed by atoms with van der Waals surface area (Å²) in [5.41, 5.74) is 2.53. The maximum absolute atomic E-state index is 9.95. The number of rotatable bonds is 1. The second-order valence-electron chi connectivity index (χ2n) is 5.76. The van der Waals surface area contributed by atoms with Crippen molar-refractivity contribution in [2.24, 2.45) is 5.92 Å². The summed E-state index contributed by atoms with van der Waals surface area (Å²) < 4.78 is 0. The Morgan fingerprint density at radius 3 is 2.59 bits per heavy atom. The Hall–Kier alpha value is -1.58. The van der Waals surface area contributed by atoms with Crippen LogP contribution in [0.3, 0.4) is 0 Å². The SMILES string of the molecule is CC1CCc2c(cc(O)c(O)c2Cl)N(c2ccccc2Cl)C1. The molecule has 1 aliphatic heterocycles. The molecule has 3 rings (SSSR count). The molecule has 1 unspecified atom stereocenters. The number of anilines is 2. The van der Waals surface area contributed by atoms with Gasteiger partial charge in [0.05, 0.1) is 15.7 Å². The molecular weight excluding hydrogens is 321 g/mol. The van der Waals surface area contributed by atoms with E-state index < -0.39 is 0 Å². The summed E-state index contributed by atoms with van der Waals surface area (Å²) in [5.74, 6) is -0.0338. The quantitative estimate of drug-likeness (QED) is 0.709. The van der Waals surface area contributed by atoms with Crippen LogP contribution in [0.25, 0.3) is 0 Å². The van der Waals surface area contributed by atoms with Gasteiger partial charge in [-0.3, -0.25) is 0 Å². The molecule has 116 valence electrons. The summed E-state index contributed by atoms with van der Waals surface area (Å²) >= 11 is 12.6. The Bertz CT molecular complexity index is 718. The third-order valence-corrected chi connectivity index (χ3v) is 4.84. The Kier molecular flexibility index (Phi) is 4.11. The highest BCUT2D eigenvalue weighted by Gasteiger charge is 2.26. The molecule has 0 bridgehead atoms. The number of nitrogens with zero attached hydrogens (tertiary/aromatic N) is 1. The Morgan fingerprint density at radius 2 is 1.86 bits per heavy atom. The lowest BCUT2D eigenvalue weighted by Crippen LogP contribution is -2.22. The van der Waals surface area contributed by atoms with Crippen LogP contribution in [0.4, 0.5) is 11.4 Å². The molecule has 22 heavy (non-hydrogen) atoms. The lowest BCUT2D eigenvalue weighted by molar-refractivity contribution is 0.403. The molecule has 0 spiro atoms. The van der Waals surface area contributed by atoms with Crippen molar-refractivity contribution >= 4 is 34.6 Å². The molecule has 0 amide bonds. The third-order valence-electron chi connectivity index (χ3n) is 4.11. The average Bonchev–Trinajstić information content (AvgIpc) is 2.65. The maximum Gasteiger partial charge on any atom is 0.176 e. The molecule has 0 fully saturated rings. The molecule has 2 aromatic carbocycles. The predicted octanol–water partition coefficient (Wildman–Crippen LogP) is 5.13. The maximum atomic E-state index is 9.95. The molecule has 3 nitrogen and oxygen atoms in total. The third kappa shape index (κ3) is 2.59. The fraction of sp³-hybridized carbons (Fsp3) is 0.294. The van der Waals surface area contributed by atoms with E-state index in [-0.39, 0.29) is 16.5 Å². The van der Waals surface area contributed by atoms with E-state index in [1.807, 2.05) is 24.3 Å². The lowest BCUT2D eigenvalue weighted by Gasteiger charge is -2.28. The second kappa shape index (κ2) is 5.90.